The van der Waals surface area contributed by atoms with E-state index in [-0.39, 0.29) is 22.3 Å². The molecule has 0 atom stereocenters. The highest BCUT2D eigenvalue weighted by Crippen LogP contribution is 2.35. The molecular formula is C15H17N3O5S. The van der Waals surface area contributed by atoms with Gasteiger partial charge in [-0.1, -0.05) is 5.16 Å². The van der Waals surface area contributed by atoms with Gasteiger partial charge >= 0.3 is 0 Å². The Hall–Kier alpha value is -2.55. The highest BCUT2D eigenvalue weighted by atomic mass is 32.2. The molecule has 0 spiro atoms. The molecule has 1 amide bonds. The number of nitrogens with one attached hydrogen (secondary N) is 1. The summed E-state index contributed by atoms with van der Waals surface area (Å²) in [5, 5.41) is 3.66. The zero-order valence-electron chi connectivity index (χ0n) is 13.5. The third-order valence-corrected chi connectivity index (χ3v) is 5.32. The normalized spacial score (nSPS) is 14.0. The molecule has 128 valence electrons. The Balaban J connectivity index is 1.93. The SMILES string of the molecule is CC(=O)N1CCOc2cc(NS(=O)(=O)c3c(C)noc3C)ccc21. The first-order valence-electron chi connectivity index (χ1n) is 7.30. The lowest BCUT2D eigenvalue weighted by atomic mass is 10.2. The first-order chi connectivity index (χ1) is 11.3. The van der Waals surface area contributed by atoms with Crippen LogP contribution in [0.4, 0.5) is 11.4 Å². The number of carbonyl (C=O) groups is 1. The minimum atomic E-state index is -3.83. The second kappa shape index (κ2) is 5.82. The van der Waals surface area contributed by atoms with Crippen LogP contribution in [-0.4, -0.2) is 32.6 Å². The first-order valence-corrected chi connectivity index (χ1v) is 8.78. The molecule has 1 aromatic carbocycles. The Labute approximate surface area is 139 Å². The Morgan fingerprint density at radius 1 is 1.33 bits per heavy atom. The summed E-state index contributed by atoms with van der Waals surface area (Å²) in [5.74, 6) is 0.580. The molecular weight excluding hydrogens is 334 g/mol. The van der Waals surface area contributed by atoms with Crippen LogP contribution in [0.25, 0.3) is 0 Å². The Kier molecular flexibility index (Phi) is 3.96. The van der Waals surface area contributed by atoms with Crippen molar-refractivity contribution in [2.75, 3.05) is 22.8 Å². The van der Waals surface area contributed by atoms with Gasteiger partial charge in [0.2, 0.25) is 5.91 Å². The second-order valence-electron chi connectivity index (χ2n) is 5.46. The molecule has 1 N–H and O–H groups in total. The van der Waals surface area contributed by atoms with E-state index in [0.717, 1.165) is 0 Å². The van der Waals surface area contributed by atoms with Gasteiger partial charge in [-0.05, 0) is 26.0 Å². The van der Waals surface area contributed by atoms with Crippen molar-refractivity contribution in [3.63, 3.8) is 0 Å². The maximum Gasteiger partial charge on any atom is 0.267 e. The van der Waals surface area contributed by atoms with Gasteiger partial charge in [-0.2, -0.15) is 0 Å². The van der Waals surface area contributed by atoms with Crippen LogP contribution in [-0.2, 0) is 14.8 Å². The number of sulfonamides is 1. The number of hydrogen-bond acceptors (Lipinski definition) is 6. The van der Waals surface area contributed by atoms with Crippen molar-refractivity contribution in [1.82, 2.24) is 5.16 Å². The Bertz CT molecular complexity index is 884. The predicted molar refractivity (Wildman–Crippen MR) is 86.7 cm³/mol. The van der Waals surface area contributed by atoms with Gasteiger partial charge in [-0.25, -0.2) is 8.42 Å². The quantitative estimate of drug-likeness (QED) is 0.905. The van der Waals surface area contributed by atoms with Gasteiger partial charge in [0.1, 0.15) is 18.1 Å². The summed E-state index contributed by atoms with van der Waals surface area (Å²) in [7, 11) is -3.83. The van der Waals surface area contributed by atoms with Crippen molar-refractivity contribution in [2.45, 2.75) is 25.7 Å². The van der Waals surface area contributed by atoms with Gasteiger partial charge in [-0.3, -0.25) is 9.52 Å². The molecule has 3 rings (SSSR count). The summed E-state index contributed by atoms with van der Waals surface area (Å²) < 4.78 is 38.0. The molecule has 1 aliphatic rings. The molecule has 1 aromatic heterocycles. The summed E-state index contributed by atoms with van der Waals surface area (Å²) in [5.41, 5.74) is 1.24. The molecule has 2 aromatic rings. The van der Waals surface area contributed by atoms with Crippen molar-refractivity contribution in [2.24, 2.45) is 0 Å². The fourth-order valence-corrected chi connectivity index (χ4v) is 4.06. The molecule has 8 nitrogen and oxygen atoms in total. The lowest BCUT2D eigenvalue weighted by Gasteiger charge is -2.29. The minimum Gasteiger partial charge on any atom is -0.489 e. The Morgan fingerprint density at radius 2 is 2.08 bits per heavy atom. The maximum absolute atomic E-state index is 12.5. The van der Waals surface area contributed by atoms with Crippen molar-refractivity contribution >= 4 is 27.3 Å². The smallest absolute Gasteiger partial charge is 0.267 e. The molecule has 1 aliphatic heterocycles. The largest absolute Gasteiger partial charge is 0.489 e. The molecule has 0 radical (unpaired) electrons. The van der Waals surface area contributed by atoms with E-state index >= 15 is 0 Å². The zero-order valence-corrected chi connectivity index (χ0v) is 14.3. The number of aryl methyl sites for hydroxylation is 2. The number of amides is 1. The molecule has 24 heavy (non-hydrogen) atoms. The van der Waals surface area contributed by atoms with E-state index in [4.69, 9.17) is 9.26 Å². The molecule has 0 unspecified atom stereocenters. The summed E-state index contributed by atoms with van der Waals surface area (Å²) in [6, 6.07) is 4.79. The molecule has 0 bridgehead atoms. The second-order valence-corrected chi connectivity index (χ2v) is 7.08. The van der Waals surface area contributed by atoms with Crippen molar-refractivity contribution in [1.29, 1.82) is 0 Å². The summed E-state index contributed by atoms with van der Waals surface area (Å²) in [6.45, 7) is 5.39. The van der Waals surface area contributed by atoms with Crippen LogP contribution in [0.2, 0.25) is 0 Å². The summed E-state index contributed by atoms with van der Waals surface area (Å²) >= 11 is 0. The third kappa shape index (κ3) is 2.82. The van der Waals surface area contributed by atoms with Gasteiger partial charge in [0.25, 0.3) is 10.0 Å². The lowest BCUT2D eigenvalue weighted by molar-refractivity contribution is -0.116. The topological polar surface area (TPSA) is 102 Å². The minimum absolute atomic E-state index is 0.0199. The fourth-order valence-electron chi connectivity index (χ4n) is 2.68. The first kappa shape index (κ1) is 16.3. The zero-order chi connectivity index (χ0) is 17.5. The predicted octanol–water partition coefficient (Wildman–Crippen LogP) is 1.84. The van der Waals surface area contributed by atoms with Crippen molar-refractivity contribution in [3.05, 3.63) is 29.7 Å². The van der Waals surface area contributed by atoms with E-state index in [0.29, 0.717) is 30.3 Å². The molecule has 0 saturated carbocycles. The number of ether oxygens (including phenoxy) is 1. The van der Waals surface area contributed by atoms with Crippen molar-refractivity contribution < 1.29 is 22.5 Å². The maximum atomic E-state index is 12.5. The average molecular weight is 351 g/mol. The number of nitrogens with zero attached hydrogens (tertiary/aromatic N) is 2. The monoisotopic (exact) mass is 351 g/mol. The van der Waals surface area contributed by atoms with Crippen LogP contribution in [0.1, 0.15) is 18.4 Å². The molecule has 9 heteroatoms. The summed E-state index contributed by atoms with van der Waals surface area (Å²) in [4.78, 5) is 13.3. The van der Waals surface area contributed by atoms with Gasteiger partial charge < -0.3 is 14.2 Å². The van der Waals surface area contributed by atoms with Gasteiger partial charge in [0, 0.05) is 13.0 Å². The molecule has 0 fully saturated rings. The number of benzene rings is 1. The highest BCUT2D eigenvalue weighted by molar-refractivity contribution is 7.92. The number of rotatable bonds is 3. The average Bonchev–Trinajstić information content (AvgIpc) is 2.85. The number of aromatic nitrogens is 1. The van der Waals surface area contributed by atoms with E-state index in [9.17, 15) is 13.2 Å². The third-order valence-electron chi connectivity index (χ3n) is 3.69. The molecule has 2 heterocycles. The van der Waals surface area contributed by atoms with Crippen LogP contribution < -0.4 is 14.4 Å². The number of hydrogen-bond donors (Lipinski definition) is 1. The molecule has 0 saturated heterocycles. The number of anilines is 2. The van der Waals surface area contributed by atoms with Crippen LogP contribution >= 0.6 is 0 Å². The van der Waals surface area contributed by atoms with Crippen molar-refractivity contribution in [3.8, 4) is 5.75 Å². The van der Waals surface area contributed by atoms with Gasteiger partial charge in [0.15, 0.2) is 10.7 Å². The highest BCUT2D eigenvalue weighted by Gasteiger charge is 2.26. The van der Waals surface area contributed by atoms with Crippen LogP contribution in [0, 0.1) is 13.8 Å². The van der Waals surface area contributed by atoms with Gasteiger partial charge in [-0.15, -0.1) is 0 Å². The van der Waals surface area contributed by atoms with E-state index < -0.39 is 10.0 Å². The van der Waals surface area contributed by atoms with E-state index in [1.54, 1.807) is 30.0 Å². The van der Waals surface area contributed by atoms with E-state index in [1.165, 1.54) is 13.8 Å². The number of fused-ring (bicyclic) bond motifs is 1. The van der Waals surface area contributed by atoms with Crippen LogP contribution in [0.15, 0.2) is 27.6 Å². The molecule has 0 aliphatic carbocycles. The van der Waals surface area contributed by atoms with Crippen LogP contribution in [0.5, 0.6) is 5.75 Å². The number of carbonyl (C=O) groups excluding carboxylic acids is 1. The van der Waals surface area contributed by atoms with Crippen LogP contribution in [0.3, 0.4) is 0 Å². The summed E-state index contributed by atoms with van der Waals surface area (Å²) in [6.07, 6.45) is 0. The van der Waals surface area contributed by atoms with E-state index in [2.05, 4.69) is 9.88 Å². The van der Waals surface area contributed by atoms with Gasteiger partial charge in [0.05, 0.1) is 17.9 Å². The fraction of sp³-hybridized carbons (Fsp3) is 0.333. The standard InChI is InChI=1S/C15H17N3O5S/c1-9-15(10(2)23-16-9)24(20,21)17-12-4-5-13-14(8-12)22-7-6-18(13)11(3)19/h4-5,8,17H,6-7H2,1-3H3. The lowest BCUT2D eigenvalue weighted by Crippen LogP contribution is -2.36. The Morgan fingerprint density at radius 3 is 2.71 bits per heavy atom. The van der Waals surface area contributed by atoms with E-state index in [1.807, 2.05) is 0 Å².